The van der Waals surface area contributed by atoms with Crippen molar-refractivity contribution in [2.45, 2.75) is 12.0 Å². The molecule has 0 radical (unpaired) electrons. The predicted octanol–water partition coefficient (Wildman–Crippen LogP) is 4.32. The first kappa shape index (κ1) is 21.1. The predicted molar refractivity (Wildman–Crippen MR) is 121 cm³/mol. The molecule has 1 aliphatic rings. The van der Waals surface area contributed by atoms with Crippen LogP contribution in [0.25, 0.3) is 0 Å². The van der Waals surface area contributed by atoms with Gasteiger partial charge in [0.1, 0.15) is 5.75 Å². The average Bonchev–Trinajstić information content (AvgIpc) is 3.33. The molecule has 0 unspecified atom stereocenters. The monoisotopic (exact) mass is 436 g/mol. The zero-order valence-corrected chi connectivity index (χ0v) is 18.2. The Morgan fingerprint density at radius 2 is 1.84 bits per heavy atom. The van der Waals surface area contributed by atoms with Gasteiger partial charge in [-0.05, 0) is 47.3 Å². The number of fused-ring (bicyclic) bond motifs is 1. The fraction of sp³-hybridized carbons (Fsp3) is 0.250. The number of amides is 2. The van der Waals surface area contributed by atoms with Crippen molar-refractivity contribution >= 4 is 28.8 Å². The lowest BCUT2D eigenvalue weighted by Gasteiger charge is -2.41. The molecule has 1 aliphatic heterocycles. The van der Waals surface area contributed by atoms with Crippen LogP contribution in [0, 0.1) is 0 Å². The van der Waals surface area contributed by atoms with Crippen LogP contribution in [0.3, 0.4) is 0 Å². The van der Waals surface area contributed by atoms with Crippen LogP contribution >= 0.6 is 11.3 Å². The second kappa shape index (κ2) is 9.32. The highest BCUT2D eigenvalue weighted by atomic mass is 32.1. The summed E-state index contributed by atoms with van der Waals surface area (Å²) in [6.45, 7) is 0.793. The van der Waals surface area contributed by atoms with Gasteiger partial charge in [-0.25, -0.2) is 0 Å². The minimum Gasteiger partial charge on any atom is -0.497 e. The highest BCUT2D eigenvalue weighted by Gasteiger charge is 2.44. The van der Waals surface area contributed by atoms with E-state index in [1.54, 1.807) is 60.8 Å². The molecule has 2 amide bonds. The number of hydrogen-bond donors (Lipinski definition) is 1. The van der Waals surface area contributed by atoms with Gasteiger partial charge in [0.15, 0.2) is 0 Å². The van der Waals surface area contributed by atoms with Crippen LogP contribution < -0.4 is 10.1 Å². The van der Waals surface area contributed by atoms with Crippen molar-refractivity contribution in [1.29, 1.82) is 0 Å². The largest absolute Gasteiger partial charge is 0.497 e. The molecule has 7 heteroatoms. The Bertz CT molecular complexity index is 1050. The lowest BCUT2D eigenvalue weighted by Crippen LogP contribution is -2.47. The first-order valence-corrected chi connectivity index (χ1v) is 10.9. The van der Waals surface area contributed by atoms with E-state index in [4.69, 9.17) is 9.47 Å². The van der Waals surface area contributed by atoms with Gasteiger partial charge in [-0.15, -0.1) is 11.3 Å². The normalized spacial score (nSPS) is 17.9. The molecule has 4 rings (SSSR count). The van der Waals surface area contributed by atoms with Crippen LogP contribution in [0.2, 0.25) is 0 Å². The van der Waals surface area contributed by atoms with Gasteiger partial charge in [0.25, 0.3) is 5.91 Å². The summed E-state index contributed by atoms with van der Waals surface area (Å²) in [7, 11) is 3.21. The molecule has 160 valence electrons. The molecule has 3 aromatic rings. The van der Waals surface area contributed by atoms with Crippen LogP contribution in [0.1, 0.15) is 32.8 Å². The van der Waals surface area contributed by atoms with Gasteiger partial charge in [-0.2, -0.15) is 0 Å². The maximum Gasteiger partial charge on any atom is 0.254 e. The second-order valence-corrected chi connectivity index (χ2v) is 8.21. The summed E-state index contributed by atoms with van der Waals surface area (Å²) in [5.41, 5.74) is 1.97. The fourth-order valence-corrected chi connectivity index (χ4v) is 4.85. The van der Waals surface area contributed by atoms with Gasteiger partial charge in [0.05, 0.1) is 25.7 Å². The summed E-state index contributed by atoms with van der Waals surface area (Å²) in [5.74, 6) is -0.0780. The van der Waals surface area contributed by atoms with Crippen molar-refractivity contribution in [2.24, 2.45) is 0 Å². The van der Waals surface area contributed by atoms with E-state index < -0.39 is 12.0 Å². The van der Waals surface area contributed by atoms with Crippen molar-refractivity contribution in [3.05, 3.63) is 82.0 Å². The fourth-order valence-electron chi connectivity index (χ4n) is 3.98. The van der Waals surface area contributed by atoms with Crippen LogP contribution in [0.4, 0.5) is 5.69 Å². The number of rotatable bonds is 7. The van der Waals surface area contributed by atoms with E-state index in [2.05, 4.69) is 5.32 Å². The zero-order valence-electron chi connectivity index (χ0n) is 17.4. The number of ether oxygens (including phenoxy) is 2. The van der Waals surface area contributed by atoms with Crippen LogP contribution in [-0.4, -0.2) is 44.1 Å². The highest BCUT2D eigenvalue weighted by molar-refractivity contribution is 7.10. The molecule has 0 saturated heterocycles. The van der Waals surface area contributed by atoms with Crippen molar-refractivity contribution in [2.75, 3.05) is 32.7 Å². The van der Waals surface area contributed by atoms with Crippen molar-refractivity contribution in [1.82, 2.24) is 4.90 Å². The minimum atomic E-state index is -0.550. The van der Waals surface area contributed by atoms with Crippen molar-refractivity contribution in [3.63, 3.8) is 0 Å². The van der Waals surface area contributed by atoms with Gasteiger partial charge in [-0.1, -0.05) is 24.3 Å². The molecule has 0 aliphatic carbocycles. The number of thiophene rings is 1. The Morgan fingerprint density at radius 1 is 1.06 bits per heavy atom. The summed E-state index contributed by atoms with van der Waals surface area (Å²) < 4.78 is 10.5. The van der Waals surface area contributed by atoms with Gasteiger partial charge < -0.3 is 19.7 Å². The Kier molecular flexibility index (Phi) is 6.34. The minimum absolute atomic E-state index is 0.0838. The first-order chi connectivity index (χ1) is 15.1. The van der Waals surface area contributed by atoms with Crippen molar-refractivity contribution in [3.8, 4) is 5.75 Å². The van der Waals surface area contributed by atoms with Gasteiger partial charge >= 0.3 is 0 Å². The Hall–Kier alpha value is -3.16. The number of methoxy groups -OCH3 is 2. The molecule has 0 saturated carbocycles. The number of benzene rings is 2. The molecule has 2 atom stereocenters. The molecule has 1 N–H and O–H groups in total. The maximum absolute atomic E-state index is 13.6. The number of nitrogens with zero attached hydrogens (tertiary/aromatic N) is 1. The third kappa shape index (κ3) is 4.19. The molecule has 0 spiro atoms. The third-order valence-electron chi connectivity index (χ3n) is 5.45. The number of nitrogens with one attached hydrogen (secondary N) is 1. The van der Waals surface area contributed by atoms with E-state index in [1.807, 2.05) is 35.7 Å². The Balaban J connectivity index is 1.76. The van der Waals surface area contributed by atoms with Crippen LogP contribution in [-0.2, 0) is 9.53 Å². The van der Waals surface area contributed by atoms with E-state index in [0.29, 0.717) is 30.2 Å². The number of carbonyl (C=O) groups excluding carboxylic acids is 2. The van der Waals surface area contributed by atoms with Gasteiger partial charge in [0.2, 0.25) is 5.91 Å². The van der Waals surface area contributed by atoms with E-state index in [0.717, 1.165) is 10.4 Å². The lowest BCUT2D eigenvalue weighted by atomic mass is 9.81. The molecule has 0 fully saturated rings. The molecule has 2 aromatic carbocycles. The number of anilines is 1. The van der Waals surface area contributed by atoms with E-state index in [9.17, 15) is 9.59 Å². The molecule has 1 aromatic heterocycles. The molecular formula is C24H24N2O4S. The molecule has 6 nitrogen and oxygen atoms in total. The van der Waals surface area contributed by atoms with E-state index in [1.165, 1.54) is 0 Å². The maximum atomic E-state index is 13.6. The van der Waals surface area contributed by atoms with E-state index >= 15 is 0 Å². The highest BCUT2D eigenvalue weighted by Crippen LogP contribution is 2.44. The standard InChI is InChI=1S/C24H24N2O4S/c1-29-14-13-26-22(20-8-5-15-31-20)21(18-6-3-4-7-19(18)24(26)28)23(27)25-16-9-11-17(30-2)12-10-16/h3-12,15,21-22H,13-14H2,1-2H3,(H,25,27)/t21-,22-/m0/s1. The van der Waals surface area contributed by atoms with Crippen LogP contribution in [0.5, 0.6) is 5.75 Å². The van der Waals surface area contributed by atoms with Crippen molar-refractivity contribution < 1.29 is 19.1 Å². The summed E-state index contributed by atoms with van der Waals surface area (Å²) >= 11 is 1.54. The first-order valence-electron chi connectivity index (χ1n) is 10.0. The third-order valence-corrected chi connectivity index (χ3v) is 6.39. The second-order valence-electron chi connectivity index (χ2n) is 7.23. The molecule has 0 bridgehead atoms. The summed E-state index contributed by atoms with van der Waals surface area (Å²) in [4.78, 5) is 29.7. The lowest BCUT2D eigenvalue weighted by molar-refractivity contribution is -0.119. The topological polar surface area (TPSA) is 67.9 Å². The van der Waals surface area contributed by atoms with E-state index in [-0.39, 0.29) is 11.8 Å². The zero-order chi connectivity index (χ0) is 21.8. The molecule has 31 heavy (non-hydrogen) atoms. The Morgan fingerprint density at radius 3 is 2.52 bits per heavy atom. The molecule has 2 heterocycles. The van der Waals surface area contributed by atoms with Crippen LogP contribution in [0.15, 0.2) is 66.0 Å². The summed E-state index contributed by atoms with van der Waals surface area (Å²) in [6.07, 6.45) is 0. The number of hydrogen-bond acceptors (Lipinski definition) is 5. The average molecular weight is 437 g/mol. The Labute approximate surface area is 185 Å². The van der Waals surface area contributed by atoms with Gasteiger partial charge in [0, 0.05) is 29.8 Å². The number of carbonyl (C=O) groups is 2. The quantitative estimate of drug-likeness (QED) is 0.599. The smallest absolute Gasteiger partial charge is 0.254 e. The summed E-state index contributed by atoms with van der Waals surface area (Å²) in [6, 6.07) is 18.1. The molecular weight excluding hydrogens is 412 g/mol. The SMILES string of the molecule is COCCN1C(=O)c2ccccc2[C@H](C(=O)Nc2ccc(OC)cc2)[C@@H]1c1cccs1. The van der Waals surface area contributed by atoms with Gasteiger partial charge in [-0.3, -0.25) is 9.59 Å². The summed E-state index contributed by atoms with van der Waals surface area (Å²) in [5, 5.41) is 4.99.